The first-order valence-electron chi connectivity index (χ1n) is 13.1. The summed E-state index contributed by atoms with van der Waals surface area (Å²) in [6, 6.07) is 18.5. The van der Waals surface area contributed by atoms with E-state index in [9.17, 15) is 18.0 Å². The number of hydrogen-bond donors (Lipinski definition) is 3. The molecule has 216 valence electrons. The van der Waals surface area contributed by atoms with Gasteiger partial charge >= 0.3 is 0 Å². The number of benzene rings is 2. The van der Waals surface area contributed by atoms with Crippen LogP contribution in [-0.2, 0) is 30.0 Å². The van der Waals surface area contributed by atoms with Gasteiger partial charge in [0.1, 0.15) is 11.6 Å². The van der Waals surface area contributed by atoms with Gasteiger partial charge in [0.15, 0.2) is 0 Å². The standard InChI is InChI=1S/C29H33N5O6S/c1-21-7-10-26(31-19-21)32-29(36)23-8-9-25-24(17-23)18-27(33-28(35)11-13-39-15-16-40-14-12-30)34(25)41(37,38)20-22-5-3-2-4-6-22/h2-10,17-19H,11-16,20,30H2,1H3,(H,33,35)(H,31,32,36). The first-order chi connectivity index (χ1) is 19.8. The molecule has 0 saturated carbocycles. The predicted molar refractivity (Wildman–Crippen MR) is 157 cm³/mol. The molecule has 0 unspecified atom stereocenters. The third-order valence-electron chi connectivity index (χ3n) is 6.02. The molecule has 2 amide bonds. The molecule has 0 saturated heterocycles. The van der Waals surface area contributed by atoms with Crippen molar-refractivity contribution in [2.24, 2.45) is 5.73 Å². The number of hydrogen-bond acceptors (Lipinski definition) is 8. The van der Waals surface area contributed by atoms with Crippen molar-refractivity contribution in [2.75, 3.05) is 43.6 Å². The van der Waals surface area contributed by atoms with Gasteiger partial charge in [0.25, 0.3) is 5.91 Å². The molecule has 0 radical (unpaired) electrons. The Morgan fingerprint density at radius 2 is 1.68 bits per heavy atom. The molecule has 4 rings (SSSR count). The number of pyridine rings is 1. The summed E-state index contributed by atoms with van der Waals surface area (Å²) in [6.07, 6.45) is 1.65. The Bertz CT molecular complexity index is 1590. The van der Waals surface area contributed by atoms with Gasteiger partial charge in [-0.1, -0.05) is 36.4 Å². The lowest BCUT2D eigenvalue weighted by Crippen LogP contribution is -2.22. The van der Waals surface area contributed by atoms with Crippen molar-refractivity contribution in [3.05, 3.63) is 89.6 Å². The second kappa shape index (κ2) is 14.0. The van der Waals surface area contributed by atoms with Crippen molar-refractivity contribution in [1.29, 1.82) is 0 Å². The predicted octanol–water partition coefficient (Wildman–Crippen LogP) is 3.30. The number of nitrogens with two attached hydrogens (primary N) is 1. The first-order valence-corrected chi connectivity index (χ1v) is 14.7. The van der Waals surface area contributed by atoms with Crippen molar-refractivity contribution < 1.29 is 27.5 Å². The number of anilines is 2. The largest absolute Gasteiger partial charge is 0.379 e. The maximum atomic E-state index is 13.6. The number of ether oxygens (including phenoxy) is 2. The molecule has 2 aromatic heterocycles. The smallest absolute Gasteiger partial charge is 0.256 e. The minimum atomic E-state index is -3.96. The van der Waals surface area contributed by atoms with Crippen LogP contribution in [-0.4, -0.2) is 62.2 Å². The van der Waals surface area contributed by atoms with Crippen LogP contribution >= 0.6 is 0 Å². The van der Waals surface area contributed by atoms with Crippen LogP contribution in [0.3, 0.4) is 0 Å². The Labute approximate surface area is 238 Å². The fraction of sp³-hybridized carbons (Fsp3) is 0.276. The molecule has 4 N–H and O–H groups in total. The molecule has 0 aliphatic rings. The van der Waals surface area contributed by atoms with Crippen LogP contribution < -0.4 is 16.4 Å². The van der Waals surface area contributed by atoms with Gasteiger partial charge in [-0.05, 0) is 48.4 Å². The highest BCUT2D eigenvalue weighted by atomic mass is 32.2. The van der Waals surface area contributed by atoms with Gasteiger partial charge in [0.05, 0.1) is 44.1 Å². The molecule has 41 heavy (non-hydrogen) atoms. The van der Waals surface area contributed by atoms with Gasteiger partial charge in [-0.25, -0.2) is 17.4 Å². The highest BCUT2D eigenvalue weighted by Crippen LogP contribution is 2.29. The number of aryl methyl sites for hydroxylation is 1. The molecule has 4 aromatic rings. The van der Waals surface area contributed by atoms with E-state index in [4.69, 9.17) is 15.2 Å². The summed E-state index contributed by atoms with van der Waals surface area (Å²) in [5.74, 6) is -0.639. The summed E-state index contributed by atoms with van der Waals surface area (Å²) in [5.41, 5.74) is 7.56. The van der Waals surface area contributed by atoms with E-state index >= 15 is 0 Å². The minimum absolute atomic E-state index is 0.00829. The van der Waals surface area contributed by atoms with Crippen molar-refractivity contribution in [2.45, 2.75) is 19.1 Å². The fourth-order valence-electron chi connectivity index (χ4n) is 4.07. The number of aromatic nitrogens is 2. The average Bonchev–Trinajstić information content (AvgIpc) is 3.32. The lowest BCUT2D eigenvalue weighted by Gasteiger charge is -2.13. The second-order valence-electron chi connectivity index (χ2n) is 9.30. The van der Waals surface area contributed by atoms with Gasteiger partial charge in [-0.15, -0.1) is 0 Å². The Morgan fingerprint density at radius 1 is 0.927 bits per heavy atom. The normalized spacial score (nSPS) is 11.5. The number of carbonyl (C=O) groups excluding carboxylic acids is 2. The average molecular weight is 580 g/mol. The zero-order valence-electron chi connectivity index (χ0n) is 22.7. The molecule has 2 aromatic carbocycles. The highest BCUT2D eigenvalue weighted by Gasteiger charge is 2.23. The van der Waals surface area contributed by atoms with Gasteiger partial charge in [-0.3, -0.25) is 9.59 Å². The van der Waals surface area contributed by atoms with E-state index in [0.29, 0.717) is 54.2 Å². The van der Waals surface area contributed by atoms with Crippen molar-refractivity contribution in [3.63, 3.8) is 0 Å². The molecule has 11 nitrogen and oxygen atoms in total. The quantitative estimate of drug-likeness (QED) is 0.192. The van der Waals surface area contributed by atoms with Gasteiger partial charge < -0.3 is 25.8 Å². The van der Waals surface area contributed by atoms with E-state index in [1.54, 1.807) is 54.7 Å². The third kappa shape index (κ3) is 8.21. The van der Waals surface area contributed by atoms with Crippen molar-refractivity contribution in [1.82, 2.24) is 8.96 Å². The molecular formula is C29H33N5O6S. The van der Waals surface area contributed by atoms with Crippen LogP contribution in [0.25, 0.3) is 10.9 Å². The van der Waals surface area contributed by atoms with E-state index < -0.39 is 21.8 Å². The number of nitrogens with one attached hydrogen (secondary N) is 2. The number of carbonyl (C=O) groups is 2. The van der Waals surface area contributed by atoms with Gasteiger partial charge in [0.2, 0.25) is 15.9 Å². The molecule has 12 heteroatoms. The van der Waals surface area contributed by atoms with Crippen molar-refractivity contribution >= 4 is 44.4 Å². The molecule has 0 aliphatic carbocycles. The summed E-state index contributed by atoms with van der Waals surface area (Å²) >= 11 is 0. The maximum absolute atomic E-state index is 13.6. The summed E-state index contributed by atoms with van der Waals surface area (Å²) in [4.78, 5) is 29.8. The highest BCUT2D eigenvalue weighted by molar-refractivity contribution is 7.89. The van der Waals surface area contributed by atoms with Crippen LogP contribution in [0, 0.1) is 6.92 Å². The number of amides is 2. The van der Waals surface area contributed by atoms with E-state index in [0.717, 1.165) is 9.54 Å². The van der Waals surface area contributed by atoms with E-state index in [2.05, 4.69) is 15.6 Å². The Morgan fingerprint density at radius 3 is 2.39 bits per heavy atom. The number of fused-ring (bicyclic) bond motifs is 1. The van der Waals surface area contributed by atoms with E-state index in [1.807, 2.05) is 13.0 Å². The molecular weight excluding hydrogens is 546 g/mol. The molecule has 2 heterocycles. The molecule has 0 atom stereocenters. The van der Waals surface area contributed by atoms with Gasteiger partial charge in [0, 0.05) is 23.7 Å². The van der Waals surface area contributed by atoms with Crippen LogP contribution in [0.2, 0.25) is 0 Å². The van der Waals surface area contributed by atoms with Gasteiger partial charge in [-0.2, -0.15) is 0 Å². The van der Waals surface area contributed by atoms with Crippen LogP contribution in [0.4, 0.5) is 11.6 Å². The van der Waals surface area contributed by atoms with Crippen molar-refractivity contribution in [3.8, 4) is 0 Å². The van der Waals surface area contributed by atoms with Crippen LogP contribution in [0.1, 0.15) is 27.9 Å². The monoisotopic (exact) mass is 579 g/mol. The zero-order valence-corrected chi connectivity index (χ0v) is 23.5. The molecule has 0 fully saturated rings. The summed E-state index contributed by atoms with van der Waals surface area (Å²) in [5, 5.41) is 5.91. The second-order valence-corrected chi connectivity index (χ2v) is 11.1. The van der Waals surface area contributed by atoms with E-state index in [-0.39, 0.29) is 24.6 Å². The summed E-state index contributed by atoms with van der Waals surface area (Å²) < 4.78 is 39.0. The fourth-order valence-corrected chi connectivity index (χ4v) is 5.68. The summed E-state index contributed by atoms with van der Waals surface area (Å²) in [7, 11) is -3.96. The van der Waals surface area contributed by atoms with E-state index in [1.165, 1.54) is 12.1 Å². The Hall–Kier alpha value is -4.10. The Balaban J connectivity index is 1.57. The van der Waals surface area contributed by atoms with Crippen LogP contribution in [0.5, 0.6) is 0 Å². The lowest BCUT2D eigenvalue weighted by molar-refractivity contribution is -0.117. The number of nitrogens with zero attached hydrogens (tertiary/aromatic N) is 2. The third-order valence-corrected chi connectivity index (χ3v) is 7.67. The topological polar surface area (TPSA) is 155 Å². The maximum Gasteiger partial charge on any atom is 0.256 e. The molecule has 0 aliphatic heterocycles. The molecule has 0 spiro atoms. The first kappa shape index (κ1) is 29.9. The molecule has 0 bridgehead atoms. The lowest BCUT2D eigenvalue weighted by atomic mass is 10.1. The van der Waals surface area contributed by atoms with Crippen LogP contribution in [0.15, 0.2) is 72.9 Å². The number of rotatable bonds is 14. The summed E-state index contributed by atoms with van der Waals surface area (Å²) in [6.45, 7) is 3.54. The minimum Gasteiger partial charge on any atom is -0.379 e. The SMILES string of the molecule is Cc1ccc(NC(=O)c2ccc3c(c2)cc(NC(=O)CCOCCOCCN)n3S(=O)(=O)Cc2ccccc2)nc1. The zero-order chi connectivity index (χ0) is 29.2. The Kier molecular flexibility index (Phi) is 10.2.